The van der Waals surface area contributed by atoms with Gasteiger partial charge in [-0.2, -0.15) is 0 Å². The Kier molecular flexibility index (Phi) is 5.19. The zero-order chi connectivity index (χ0) is 26.8. The molecular weight excluding hydrogens is 482 g/mol. The molecule has 3 unspecified atom stereocenters. The van der Waals surface area contributed by atoms with Crippen molar-refractivity contribution in [2.45, 2.75) is 38.1 Å². The Morgan fingerprint density at radius 1 is 0.600 bits per heavy atom. The van der Waals surface area contributed by atoms with Crippen LogP contribution < -0.4 is 4.90 Å². The standard InChI is InChI=1S/C39H33N/c1-26-23-24-39(2)38(26)34-25-28(21-22-35(34)40(39)29-15-7-4-8-16-29)37-32-19-11-9-17-30(32)36(27-13-5-3-6-14-27)31-18-10-12-20-33(31)37/h3-22,25-26,38H,23-24H2,1-2H3. The molecule has 1 heteroatoms. The number of hydrogen-bond donors (Lipinski definition) is 0. The Balaban J connectivity index is 1.41. The van der Waals surface area contributed by atoms with Crippen molar-refractivity contribution in [3.63, 3.8) is 0 Å². The summed E-state index contributed by atoms with van der Waals surface area (Å²) in [5, 5.41) is 5.26. The number of anilines is 2. The molecule has 0 aromatic heterocycles. The normalized spacial score (nSPS) is 21.6. The van der Waals surface area contributed by atoms with E-state index in [9.17, 15) is 0 Å². The van der Waals surface area contributed by atoms with Gasteiger partial charge in [-0.15, -0.1) is 0 Å². The van der Waals surface area contributed by atoms with Crippen molar-refractivity contribution in [2.75, 3.05) is 4.90 Å². The van der Waals surface area contributed by atoms with E-state index in [1.165, 1.54) is 73.6 Å². The van der Waals surface area contributed by atoms with Gasteiger partial charge in [0.1, 0.15) is 0 Å². The van der Waals surface area contributed by atoms with E-state index < -0.39 is 0 Å². The first kappa shape index (κ1) is 23.5. The van der Waals surface area contributed by atoms with Gasteiger partial charge in [0, 0.05) is 22.8 Å². The smallest absolute Gasteiger partial charge is 0.0495 e. The van der Waals surface area contributed by atoms with Crippen LogP contribution in [-0.4, -0.2) is 5.54 Å². The Hall–Kier alpha value is -4.36. The van der Waals surface area contributed by atoms with Crippen LogP contribution in [0.2, 0.25) is 0 Å². The highest BCUT2D eigenvalue weighted by Gasteiger charge is 2.54. The maximum atomic E-state index is 2.65. The maximum Gasteiger partial charge on any atom is 0.0495 e. The van der Waals surface area contributed by atoms with E-state index in [0.717, 1.165) is 0 Å². The largest absolute Gasteiger partial charge is 0.335 e. The fourth-order valence-electron chi connectivity index (χ4n) is 8.15. The molecule has 1 heterocycles. The van der Waals surface area contributed by atoms with Gasteiger partial charge in [0.25, 0.3) is 0 Å². The van der Waals surface area contributed by atoms with Crippen LogP contribution in [0.4, 0.5) is 11.4 Å². The zero-order valence-electron chi connectivity index (χ0n) is 23.1. The molecule has 0 spiro atoms. The van der Waals surface area contributed by atoms with Crippen molar-refractivity contribution in [3.8, 4) is 22.3 Å². The summed E-state index contributed by atoms with van der Waals surface area (Å²) in [6.45, 7) is 4.95. The van der Waals surface area contributed by atoms with Crippen LogP contribution in [0.15, 0.2) is 127 Å². The van der Waals surface area contributed by atoms with Crippen molar-refractivity contribution >= 4 is 32.9 Å². The summed E-state index contributed by atoms with van der Waals surface area (Å²) in [6, 6.07) is 47.2. The quantitative estimate of drug-likeness (QED) is 0.212. The molecule has 1 aliphatic carbocycles. The molecule has 0 amide bonds. The minimum Gasteiger partial charge on any atom is -0.335 e. The van der Waals surface area contributed by atoms with Crippen LogP contribution in [0.1, 0.15) is 38.2 Å². The lowest BCUT2D eigenvalue weighted by atomic mass is 9.81. The first-order chi connectivity index (χ1) is 19.6. The van der Waals surface area contributed by atoms with Crippen LogP contribution in [0.5, 0.6) is 0 Å². The predicted octanol–water partition coefficient (Wildman–Crippen LogP) is 10.8. The third kappa shape index (κ3) is 3.27. The SMILES string of the molecule is CC1CCC2(C)C1c1cc(-c3c4ccccc4c(-c4ccccc4)c4ccccc34)ccc1N2c1ccccc1. The van der Waals surface area contributed by atoms with Gasteiger partial charge >= 0.3 is 0 Å². The topological polar surface area (TPSA) is 3.24 Å². The van der Waals surface area contributed by atoms with E-state index in [1.807, 2.05) is 0 Å². The lowest BCUT2D eigenvalue weighted by Gasteiger charge is -2.38. The number of hydrogen-bond acceptors (Lipinski definition) is 1. The predicted molar refractivity (Wildman–Crippen MR) is 170 cm³/mol. The minimum absolute atomic E-state index is 0.100. The van der Waals surface area contributed by atoms with Gasteiger partial charge in [-0.1, -0.05) is 110 Å². The number of para-hydroxylation sites is 1. The second-order valence-electron chi connectivity index (χ2n) is 12.0. The zero-order valence-corrected chi connectivity index (χ0v) is 23.1. The van der Waals surface area contributed by atoms with Crippen LogP contribution in [0.25, 0.3) is 43.8 Å². The molecule has 1 fully saturated rings. The molecule has 1 nitrogen and oxygen atoms in total. The van der Waals surface area contributed by atoms with E-state index in [-0.39, 0.29) is 5.54 Å². The molecule has 0 saturated heterocycles. The summed E-state index contributed by atoms with van der Waals surface area (Å²) in [6.07, 6.45) is 2.49. The second kappa shape index (κ2) is 8.83. The molecule has 1 aliphatic heterocycles. The lowest BCUT2D eigenvalue weighted by molar-refractivity contribution is 0.414. The van der Waals surface area contributed by atoms with Crippen LogP contribution >= 0.6 is 0 Å². The third-order valence-electron chi connectivity index (χ3n) is 9.76. The lowest BCUT2D eigenvalue weighted by Crippen LogP contribution is -2.40. The molecule has 1 saturated carbocycles. The molecule has 8 rings (SSSR count). The first-order valence-corrected chi connectivity index (χ1v) is 14.6. The summed E-state index contributed by atoms with van der Waals surface area (Å²) in [5.41, 5.74) is 9.55. The molecule has 0 N–H and O–H groups in total. The van der Waals surface area contributed by atoms with Gasteiger partial charge in [-0.3, -0.25) is 0 Å². The summed E-state index contributed by atoms with van der Waals surface area (Å²) < 4.78 is 0. The minimum atomic E-state index is 0.100. The van der Waals surface area contributed by atoms with Gasteiger partial charge in [0.15, 0.2) is 0 Å². The molecule has 2 aliphatic rings. The Morgan fingerprint density at radius 2 is 1.12 bits per heavy atom. The molecule has 40 heavy (non-hydrogen) atoms. The van der Waals surface area contributed by atoms with Gasteiger partial charge in [-0.05, 0) is 99.3 Å². The molecule has 6 aromatic rings. The first-order valence-electron chi connectivity index (χ1n) is 14.6. The van der Waals surface area contributed by atoms with Crippen molar-refractivity contribution < 1.29 is 0 Å². The molecule has 0 radical (unpaired) electrons. The van der Waals surface area contributed by atoms with E-state index in [4.69, 9.17) is 0 Å². The average Bonchev–Trinajstić information content (AvgIpc) is 3.45. The number of rotatable bonds is 3. The fraction of sp³-hybridized carbons (Fsp3) is 0.179. The van der Waals surface area contributed by atoms with E-state index in [2.05, 4.69) is 146 Å². The highest BCUT2D eigenvalue weighted by atomic mass is 15.2. The number of benzene rings is 6. The molecule has 194 valence electrons. The van der Waals surface area contributed by atoms with Crippen molar-refractivity contribution in [1.82, 2.24) is 0 Å². The van der Waals surface area contributed by atoms with Crippen molar-refractivity contribution in [3.05, 3.63) is 133 Å². The average molecular weight is 516 g/mol. The maximum absolute atomic E-state index is 2.65. The monoisotopic (exact) mass is 515 g/mol. The third-order valence-corrected chi connectivity index (χ3v) is 9.76. The molecule has 3 atom stereocenters. The highest BCUT2D eigenvalue weighted by molar-refractivity contribution is 6.21. The van der Waals surface area contributed by atoms with Crippen molar-refractivity contribution in [2.24, 2.45) is 5.92 Å². The summed E-state index contributed by atoms with van der Waals surface area (Å²) in [7, 11) is 0. The number of nitrogens with zero attached hydrogens (tertiary/aromatic N) is 1. The van der Waals surface area contributed by atoms with E-state index in [0.29, 0.717) is 11.8 Å². The van der Waals surface area contributed by atoms with Crippen LogP contribution in [0, 0.1) is 5.92 Å². The Labute approximate surface area is 236 Å². The van der Waals surface area contributed by atoms with Crippen LogP contribution in [0.3, 0.4) is 0 Å². The van der Waals surface area contributed by atoms with Gasteiger partial charge < -0.3 is 4.90 Å². The Bertz CT molecular complexity index is 1830. The van der Waals surface area contributed by atoms with E-state index in [1.54, 1.807) is 0 Å². The molecular formula is C39H33N. The summed E-state index contributed by atoms with van der Waals surface area (Å²) >= 11 is 0. The van der Waals surface area contributed by atoms with E-state index >= 15 is 0 Å². The fourth-order valence-corrected chi connectivity index (χ4v) is 8.15. The van der Waals surface area contributed by atoms with Gasteiger partial charge in [-0.25, -0.2) is 0 Å². The van der Waals surface area contributed by atoms with Crippen LogP contribution in [-0.2, 0) is 0 Å². The van der Waals surface area contributed by atoms with Gasteiger partial charge in [0.2, 0.25) is 0 Å². The second-order valence-corrected chi connectivity index (χ2v) is 12.0. The summed E-state index contributed by atoms with van der Waals surface area (Å²) in [5.74, 6) is 1.17. The molecule has 0 bridgehead atoms. The molecule has 6 aromatic carbocycles. The van der Waals surface area contributed by atoms with Gasteiger partial charge in [0.05, 0.1) is 0 Å². The number of fused-ring (bicyclic) bond motifs is 5. The highest BCUT2D eigenvalue weighted by Crippen LogP contribution is 2.61. The Morgan fingerprint density at radius 3 is 1.73 bits per heavy atom. The summed E-state index contributed by atoms with van der Waals surface area (Å²) in [4.78, 5) is 2.65. The van der Waals surface area contributed by atoms with Crippen molar-refractivity contribution in [1.29, 1.82) is 0 Å².